The smallest absolute Gasteiger partial charge is 0.164 e. The normalized spacial score (nSPS) is 11.5. The van der Waals surface area contributed by atoms with Gasteiger partial charge in [0.1, 0.15) is 0 Å². The minimum Gasteiger partial charge on any atom is -0.246 e. The van der Waals surface area contributed by atoms with Gasteiger partial charge < -0.3 is 0 Å². The molecule has 0 fully saturated rings. The highest BCUT2D eigenvalue weighted by Gasteiger charge is 2.18. The Morgan fingerprint density at radius 2 is 0.824 bits per heavy atom. The standard InChI is InChI=1S/C46H28N4S/c1-3-11-29(12-4-1)30-19-23-34(24-20-30)45-48-44(33-14-5-2-6-15-33)49-46(50-45)35-25-21-32(22-26-35)41-40-37-17-9-10-18-39(37)51-43(40)38-28-27-31-13-7-8-16-36(31)42(38)47-41/h1-28H. The van der Waals surface area contributed by atoms with Crippen LogP contribution in [0.25, 0.3) is 98.4 Å². The summed E-state index contributed by atoms with van der Waals surface area (Å²) in [6, 6.07) is 59.0. The fraction of sp³-hybridized carbons (Fsp3) is 0. The first-order valence-corrected chi connectivity index (χ1v) is 17.8. The zero-order chi connectivity index (χ0) is 33.7. The molecule has 0 aliphatic rings. The van der Waals surface area contributed by atoms with E-state index in [1.165, 1.54) is 36.5 Å². The van der Waals surface area contributed by atoms with Crippen molar-refractivity contribution in [2.24, 2.45) is 0 Å². The van der Waals surface area contributed by atoms with Gasteiger partial charge in [-0.1, -0.05) is 164 Å². The van der Waals surface area contributed by atoms with Crippen LogP contribution in [0.15, 0.2) is 170 Å². The molecule has 0 bridgehead atoms. The fourth-order valence-electron chi connectivity index (χ4n) is 6.98. The first-order valence-electron chi connectivity index (χ1n) is 17.0. The lowest BCUT2D eigenvalue weighted by Crippen LogP contribution is -2.00. The Bertz CT molecular complexity index is 2880. The first kappa shape index (κ1) is 29.4. The van der Waals surface area contributed by atoms with E-state index in [4.69, 9.17) is 19.9 Å². The van der Waals surface area contributed by atoms with Crippen LogP contribution in [0.4, 0.5) is 0 Å². The summed E-state index contributed by atoms with van der Waals surface area (Å²) in [5, 5.41) is 5.96. The van der Waals surface area contributed by atoms with Crippen LogP contribution in [-0.2, 0) is 0 Å². The number of nitrogens with zero attached hydrogens (tertiary/aromatic N) is 4. The van der Waals surface area contributed by atoms with Crippen molar-refractivity contribution in [1.29, 1.82) is 0 Å². The van der Waals surface area contributed by atoms with Gasteiger partial charge in [-0.15, -0.1) is 11.3 Å². The molecule has 0 aliphatic carbocycles. The average molecular weight is 669 g/mol. The van der Waals surface area contributed by atoms with Crippen LogP contribution < -0.4 is 0 Å². The maximum atomic E-state index is 5.43. The molecule has 0 unspecified atom stereocenters. The Morgan fingerprint density at radius 3 is 1.49 bits per heavy atom. The molecule has 7 aromatic carbocycles. The molecule has 3 aromatic heterocycles. The van der Waals surface area contributed by atoms with Crippen molar-refractivity contribution in [2.45, 2.75) is 0 Å². The molecule has 51 heavy (non-hydrogen) atoms. The van der Waals surface area contributed by atoms with Crippen molar-refractivity contribution in [1.82, 2.24) is 19.9 Å². The molecule has 10 rings (SSSR count). The lowest BCUT2D eigenvalue weighted by Gasteiger charge is -2.11. The largest absolute Gasteiger partial charge is 0.246 e. The summed E-state index contributed by atoms with van der Waals surface area (Å²) in [6.45, 7) is 0. The van der Waals surface area contributed by atoms with Gasteiger partial charge >= 0.3 is 0 Å². The molecular formula is C46H28N4S. The monoisotopic (exact) mass is 668 g/mol. The molecule has 0 saturated carbocycles. The second-order valence-electron chi connectivity index (χ2n) is 12.6. The van der Waals surface area contributed by atoms with Crippen molar-refractivity contribution in [3.8, 4) is 56.5 Å². The van der Waals surface area contributed by atoms with Crippen LogP contribution in [0.2, 0.25) is 0 Å². The molecule has 10 aromatic rings. The molecule has 5 heteroatoms. The third-order valence-corrected chi connectivity index (χ3v) is 10.7. The van der Waals surface area contributed by atoms with Gasteiger partial charge in [0.05, 0.1) is 11.2 Å². The summed E-state index contributed by atoms with van der Waals surface area (Å²) in [7, 11) is 0. The van der Waals surface area contributed by atoms with Crippen LogP contribution in [0, 0.1) is 0 Å². The molecule has 0 spiro atoms. The fourth-order valence-corrected chi connectivity index (χ4v) is 8.21. The summed E-state index contributed by atoms with van der Waals surface area (Å²) in [4.78, 5) is 20.4. The van der Waals surface area contributed by atoms with Crippen LogP contribution in [0.1, 0.15) is 0 Å². The minimum atomic E-state index is 0.626. The second kappa shape index (κ2) is 12.1. The van der Waals surface area contributed by atoms with Crippen molar-refractivity contribution >= 4 is 53.2 Å². The Morgan fingerprint density at radius 1 is 0.333 bits per heavy atom. The zero-order valence-electron chi connectivity index (χ0n) is 27.4. The van der Waals surface area contributed by atoms with Crippen molar-refractivity contribution in [2.75, 3.05) is 0 Å². The van der Waals surface area contributed by atoms with Gasteiger partial charge in [0.15, 0.2) is 17.5 Å². The zero-order valence-corrected chi connectivity index (χ0v) is 28.2. The van der Waals surface area contributed by atoms with Crippen LogP contribution in [0.3, 0.4) is 0 Å². The number of pyridine rings is 1. The molecule has 0 N–H and O–H groups in total. The predicted molar refractivity (Wildman–Crippen MR) is 213 cm³/mol. The average Bonchev–Trinajstić information content (AvgIpc) is 3.61. The summed E-state index contributed by atoms with van der Waals surface area (Å²) in [5.41, 5.74) is 8.18. The number of benzene rings is 7. The molecule has 4 nitrogen and oxygen atoms in total. The van der Waals surface area contributed by atoms with Gasteiger partial charge in [-0.05, 0) is 22.6 Å². The van der Waals surface area contributed by atoms with E-state index in [2.05, 4.69) is 133 Å². The predicted octanol–water partition coefficient (Wildman–Crippen LogP) is 12.3. The number of rotatable bonds is 5. The number of thiophene rings is 1. The maximum Gasteiger partial charge on any atom is 0.164 e. The van der Waals surface area contributed by atoms with Gasteiger partial charge in [-0.2, -0.15) is 0 Å². The molecule has 0 atom stereocenters. The van der Waals surface area contributed by atoms with Gasteiger partial charge in [0.25, 0.3) is 0 Å². The number of hydrogen-bond acceptors (Lipinski definition) is 5. The van der Waals surface area contributed by atoms with Crippen molar-refractivity contribution in [3.05, 3.63) is 170 Å². The lowest BCUT2D eigenvalue weighted by molar-refractivity contribution is 1.07. The summed E-state index contributed by atoms with van der Waals surface area (Å²) >= 11 is 1.84. The third-order valence-electron chi connectivity index (χ3n) is 9.54. The second-order valence-corrected chi connectivity index (χ2v) is 13.7. The van der Waals surface area contributed by atoms with E-state index in [9.17, 15) is 0 Å². The molecule has 3 heterocycles. The van der Waals surface area contributed by atoms with Gasteiger partial charge in [-0.3, -0.25) is 0 Å². The Hall–Kier alpha value is -6.56. The van der Waals surface area contributed by atoms with Crippen molar-refractivity contribution < 1.29 is 0 Å². The van der Waals surface area contributed by atoms with Crippen LogP contribution in [0.5, 0.6) is 0 Å². The third kappa shape index (κ3) is 5.14. The summed E-state index contributed by atoms with van der Waals surface area (Å²) < 4.78 is 2.52. The first-order chi connectivity index (χ1) is 25.3. The van der Waals surface area contributed by atoms with Gasteiger partial charge in [0, 0.05) is 53.2 Å². The number of hydrogen-bond donors (Lipinski definition) is 0. The lowest BCUT2D eigenvalue weighted by atomic mass is 9.99. The molecule has 0 aliphatic heterocycles. The highest BCUT2D eigenvalue weighted by molar-refractivity contribution is 7.26. The number of aromatic nitrogens is 4. The molecule has 0 saturated heterocycles. The quantitative estimate of drug-likeness (QED) is 0.171. The van der Waals surface area contributed by atoms with Gasteiger partial charge in [0.2, 0.25) is 0 Å². The highest BCUT2D eigenvalue weighted by atomic mass is 32.1. The van der Waals surface area contributed by atoms with Crippen molar-refractivity contribution in [3.63, 3.8) is 0 Å². The molecule has 0 amide bonds. The SMILES string of the molecule is c1ccc(-c2ccc(-c3nc(-c4ccccc4)nc(-c4ccc(-c5nc6c7ccccc7ccc6c6sc7ccccc7c56)cc4)n3)cc2)cc1. The molecule has 0 radical (unpaired) electrons. The van der Waals surface area contributed by atoms with E-state index >= 15 is 0 Å². The topological polar surface area (TPSA) is 51.6 Å². The van der Waals surface area contributed by atoms with E-state index in [-0.39, 0.29) is 0 Å². The van der Waals surface area contributed by atoms with Crippen LogP contribution in [-0.4, -0.2) is 19.9 Å². The highest BCUT2D eigenvalue weighted by Crippen LogP contribution is 2.44. The molecule has 238 valence electrons. The van der Waals surface area contributed by atoms with E-state index in [0.717, 1.165) is 44.4 Å². The Balaban J connectivity index is 1.11. The minimum absolute atomic E-state index is 0.626. The number of fused-ring (bicyclic) bond motifs is 7. The maximum absolute atomic E-state index is 5.43. The van der Waals surface area contributed by atoms with E-state index in [0.29, 0.717) is 17.5 Å². The van der Waals surface area contributed by atoms with E-state index in [1.807, 2.05) is 47.7 Å². The van der Waals surface area contributed by atoms with E-state index in [1.54, 1.807) is 0 Å². The Kier molecular flexibility index (Phi) is 6.96. The Labute approximate surface area is 298 Å². The summed E-state index contributed by atoms with van der Waals surface area (Å²) in [5.74, 6) is 1.90. The van der Waals surface area contributed by atoms with Crippen LogP contribution >= 0.6 is 11.3 Å². The van der Waals surface area contributed by atoms with E-state index < -0.39 is 0 Å². The summed E-state index contributed by atoms with van der Waals surface area (Å²) in [6.07, 6.45) is 0. The molecular weight excluding hydrogens is 641 g/mol. The van der Waals surface area contributed by atoms with Gasteiger partial charge in [-0.25, -0.2) is 19.9 Å².